The molecule has 7 rings (SSSR count). The fourth-order valence-electron chi connectivity index (χ4n) is 12.5. The molecule has 3 amide bonds. The number of nitrogens with one attached hydrogen (secondary N) is 1. The fourth-order valence-corrected chi connectivity index (χ4v) is 13.3. The van der Waals surface area contributed by atoms with Crippen molar-refractivity contribution in [3.05, 3.63) is 11.6 Å². The van der Waals surface area contributed by atoms with Gasteiger partial charge in [-0.1, -0.05) is 77.0 Å². The molecule has 1 N–H and O–H groups in total. The number of hydrogen-bond acceptors (Lipinski definition) is 8. The van der Waals surface area contributed by atoms with Crippen molar-refractivity contribution in [1.29, 1.82) is 0 Å². The molecule has 7 aliphatic rings. The van der Waals surface area contributed by atoms with Crippen molar-refractivity contribution in [2.24, 2.45) is 55.4 Å². The molecule has 0 radical (unpaired) electrons. The van der Waals surface area contributed by atoms with E-state index in [-0.39, 0.29) is 44.8 Å². The Balaban J connectivity index is 1.15. The zero-order valence-corrected chi connectivity index (χ0v) is 31.6. The molecular formula is C39H57N3O6S. The minimum Gasteiger partial charge on any atom is -0.378 e. The largest absolute Gasteiger partial charge is 0.378 e. The van der Waals surface area contributed by atoms with Crippen LogP contribution in [-0.2, 0) is 24.0 Å². The maximum atomic E-state index is 14.6. The van der Waals surface area contributed by atoms with Crippen LogP contribution in [0.25, 0.3) is 0 Å². The van der Waals surface area contributed by atoms with Gasteiger partial charge in [-0.05, 0) is 104 Å². The molecule has 0 aromatic carbocycles. The number of fused-ring (bicyclic) bond motifs is 7. The standard InChI is InChI=1S/C39H57N3O6S/c1-34(2)14-16-39(32(45)42-18-20-47-21-19-42)17-15-37(6)24(25(39)23-34)8-9-28-36(5)12-11-29(35(3,4)27(36)10-13-38(28,37)7)41-48-30(43)22-26-31(44)40-33(46)49-26/h8,25-28H,9-23H2,1-7H3,(H,40,44,46)/b41-29-/t25-,26-,27-,28+,36-,37+,38+,39-/m0/s1. The van der Waals surface area contributed by atoms with Crippen molar-refractivity contribution in [3.8, 4) is 0 Å². The summed E-state index contributed by atoms with van der Waals surface area (Å²) in [6.07, 6.45) is 12.7. The average Bonchev–Trinajstić information content (AvgIpc) is 3.36. The Kier molecular flexibility index (Phi) is 8.57. The minimum atomic E-state index is -0.758. The molecule has 0 spiro atoms. The number of carbonyl (C=O) groups excluding carboxylic acids is 4. The van der Waals surface area contributed by atoms with Crippen molar-refractivity contribution in [2.75, 3.05) is 26.3 Å². The maximum Gasteiger partial charge on any atom is 0.336 e. The summed E-state index contributed by atoms with van der Waals surface area (Å²) < 4.78 is 5.65. The highest BCUT2D eigenvalue weighted by molar-refractivity contribution is 8.15. The second-order valence-electron chi connectivity index (χ2n) is 18.6. The lowest BCUT2D eigenvalue weighted by atomic mass is 9.33. The summed E-state index contributed by atoms with van der Waals surface area (Å²) in [7, 11) is 0. The van der Waals surface area contributed by atoms with E-state index in [4.69, 9.17) is 9.57 Å². The summed E-state index contributed by atoms with van der Waals surface area (Å²) >= 11 is 0.832. The Hall–Kier alpha value is -2.20. The Morgan fingerprint density at radius 2 is 1.69 bits per heavy atom. The number of hydrogen-bond donors (Lipinski definition) is 1. The van der Waals surface area contributed by atoms with E-state index in [1.165, 1.54) is 0 Å². The summed E-state index contributed by atoms with van der Waals surface area (Å²) in [5.74, 6) is 0.538. The lowest BCUT2D eigenvalue weighted by molar-refractivity contribution is -0.177. The molecule has 4 saturated carbocycles. The molecule has 0 unspecified atom stereocenters. The van der Waals surface area contributed by atoms with Gasteiger partial charge in [-0.25, -0.2) is 4.79 Å². The van der Waals surface area contributed by atoms with Gasteiger partial charge >= 0.3 is 5.97 Å². The van der Waals surface area contributed by atoms with Crippen LogP contribution < -0.4 is 5.32 Å². The van der Waals surface area contributed by atoms with Crippen molar-refractivity contribution < 1.29 is 28.8 Å². The van der Waals surface area contributed by atoms with Crippen LogP contribution in [0.4, 0.5) is 4.79 Å². The first kappa shape index (κ1) is 35.2. The number of imide groups is 1. The Bertz CT molecular complexity index is 1500. The molecule has 8 atom stereocenters. The molecular weight excluding hydrogens is 639 g/mol. The van der Waals surface area contributed by atoms with Crippen LogP contribution in [0.1, 0.15) is 119 Å². The van der Waals surface area contributed by atoms with E-state index < -0.39 is 22.4 Å². The van der Waals surface area contributed by atoms with Gasteiger partial charge in [0.15, 0.2) is 0 Å². The summed E-state index contributed by atoms with van der Waals surface area (Å²) in [4.78, 5) is 58.3. The van der Waals surface area contributed by atoms with Gasteiger partial charge in [0.05, 0.1) is 30.8 Å². The molecule has 6 fully saturated rings. The first-order chi connectivity index (χ1) is 23.0. The van der Waals surface area contributed by atoms with Crippen molar-refractivity contribution >= 4 is 40.5 Å². The number of carbonyl (C=O) groups is 4. The lowest BCUT2D eigenvalue weighted by Gasteiger charge is -2.71. The topological polar surface area (TPSA) is 114 Å². The number of allylic oxidation sites excluding steroid dienone is 2. The second-order valence-corrected chi connectivity index (χ2v) is 19.8. The molecule has 10 heteroatoms. The normalized spacial score (nSPS) is 43.4. The molecule has 9 nitrogen and oxygen atoms in total. The third-order valence-corrected chi connectivity index (χ3v) is 16.5. The number of amides is 3. The fraction of sp³-hybridized carbons (Fsp3) is 0.821. The molecule has 0 aromatic heterocycles. The van der Waals surface area contributed by atoms with Gasteiger partial charge in [-0.2, -0.15) is 0 Å². The van der Waals surface area contributed by atoms with Gasteiger partial charge in [0.25, 0.3) is 5.24 Å². The summed E-state index contributed by atoms with van der Waals surface area (Å²) in [6, 6.07) is 0. The van der Waals surface area contributed by atoms with Crippen LogP contribution in [0.5, 0.6) is 0 Å². The Morgan fingerprint density at radius 3 is 2.39 bits per heavy atom. The predicted molar refractivity (Wildman–Crippen MR) is 189 cm³/mol. The van der Waals surface area contributed by atoms with Gasteiger partial charge in [-0.15, -0.1) is 0 Å². The van der Waals surface area contributed by atoms with Gasteiger partial charge in [0.2, 0.25) is 11.8 Å². The Morgan fingerprint density at radius 1 is 0.980 bits per heavy atom. The van der Waals surface area contributed by atoms with Crippen LogP contribution in [0.3, 0.4) is 0 Å². The quantitative estimate of drug-likeness (QED) is 0.187. The van der Waals surface area contributed by atoms with Crippen molar-refractivity contribution in [3.63, 3.8) is 0 Å². The van der Waals surface area contributed by atoms with E-state index in [2.05, 4.69) is 69.9 Å². The summed E-state index contributed by atoms with van der Waals surface area (Å²) in [6.45, 7) is 19.8. The lowest BCUT2D eigenvalue weighted by Crippen LogP contribution is -2.65. The smallest absolute Gasteiger partial charge is 0.336 e. The van der Waals surface area contributed by atoms with Crippen LogP contribution in [0.2, 0.25) is 0 Å². The molecule has 270 valence electrons. The number of morpholine rings is 1. The molecule has 2 heterocycles. The first-order valence-electron chi connectivity index (χ1n) is 18.8. The third kappa shape index (κ3) is 5.38. The Labute approximate surface area is 296 Å². The van der Waals surface area contributed by atoms with E-state index in [9.17, 15) is 19.2 Å². The van der Waals surface area contributed by atoms with Gasteiger partial charge in [0.1, 0.15) is 5.25 Å². The van der Waals surface area contributed by atoms with Gasteiger partial charge in [-0.3, -0.25) is 19.7 Å². The van der Waals surface area contributed by atoms with Crippen LogP contribution >= 0.6 is 11.8 Å². The zero-order chi connectivity index (χ0) is 35.2. The van der Waals surface area contributed by atoms with E-state index in [1.54, 1.807) is 5.57 Å². The average molecular weight is 696 g/mol. The molecule has 5 aliphatic carbocycles. The monoisotopic (exact) mass is 695 g/mol. The molecule has 49 heavy (non-hydrogen) atoms. The number of thioether (sulfide) groups is 1. The highest BCUT2D eigenvalue weighted by Crippen LogP contribution is 2.75. The van der Waals surface area contributed by atoms with E-state index in [1.807, 2.05) is 0 Å². The van der Waals surface area contributed by atoms with E-state index in [0.29, 0.717) is 44.0 Å². The van der Waals surface area contributed by atoms with Crippen molar-refractivity contribution in [2.45, 2.75) is 124 Å². The minimum absolute atomic E-state index is 0.0384. The zero-order valence-electron chi connectivity index (χ0n) is 30.7. The molecule has 2 saturated heterocycles. The number of rotatable bonds is 4. The highest BCUT2D eigenvalue weighted by Gasteiger charge is 2.69. The SMILES string of the molecule is CC1(C)CC[C@]2(C(=O)N3CCOCC3)CC[C@]3(C)C(=CC[C@@H]4[C@@]5(C)CC/C(=N/OC(=O)C[C@@H]6SC(=O)NC6=O)C(C)(C)[C@@H]5CC[C@]43C)[C@@H]2C1. The molecule has 0 bridgehead atoms. The van der Waals surface area contributed by atoms with Gasteiger partial charge in [0, 0.05) is 18.5 Å². The molecule has 2 aliphatic heterocycles. The summed E-state index contributed by atoms with van der Waals surface area (Å²) in [5, 5.41) is 5.49. The highest BCUT2D eigenvalue weighted by atomic mass is 32.2. The maximum absolute atomic E-state index is 14.6. The van der Waals surface area contributed by atoms with E-state index in [0.717, 1.165) is 81.7 Å². The van der Waals surface area contributed by atoms with Crippen molar-refractivity contribution in [1.82, 2.24) is 10.2 Å². The first-order valence-corrected chi connectivity index (χ1v) is 19.7. The number of oxime groups is 1. The third-order valence-electron chi connectivity index (χ3n) is 15.5. The number of nitrogens with zero attached hydrogens (tertiary/aromatic N) is 2. The van der Waals surface area contributed by atoms with E-state index >= 15 is 0 Å². The summed E-state index contributed by atoms with van der Waals surface area (Å²) in [5.41, 5.74) is 2.41. The predicted octanol–water partition coefficient (Wildman–Crippen LogP) is 7.29. The second kappa shape index (κ2) is 11.9. The van der Waals surface area contributed by atoms with Crippen LogP contribution in [0, 0.1) is 50.2 Å². The van der Waals surface area contributed by atoms with Crippen LogP contribution in [0.15, 0.2) is 16.8 Å². The molecule has 0 aromatic rings. The van der Waals surface area contributed by atoms with Gasteiger partial charge < -0.3 is 14.5 Å². The van der Waals surface area contributed by atoms with Crippen LogP contribution in [-0.4, -0.2) is 65.2 Å². The number of ether oxygens (including phenoxy) is 1.